The van der Waals surface area contributed by atoms with E-state index in [1.807, 2.05) is 0 Å². The first-order valence-electron chi connectivity index (χ1n) is 8.48. The molecule has 4 rings (SSSR count). The summed E-state index contributed by atoms with van der Waals surface area (Å²) in [6.45, 7) is 4.25. The summed E-state index contributed by atoms with van der Waals surface area (Å²) in [6.07, 6.45) is 10.6. The van der Waals surface area contributed by atoms with Crippen LogP contribution in [0.1, 0.15) is 55.9 Å². The molecule has 1 N–H and O–H groups in total. The fourth-order valence-electron chi connectivity index (χ4n) is 2.47. The smallest absolute Gasteiger partial charge is 0.261 e. The van der Waals surface area contributed by atoms with Crippen molar-refractivity contribution in [2.45, 2.75) is 45.6 Å². The largest absolute Gasteiger partial charge is 0.317 e. The van der Waals surface area contributed by atoms with Crippen LogP contribution >= 0.6 is 0 Å². The molecule has 0 radical (unpaired) electrons. The second-order valence-electron chi connectivity index (χ2n) is 6.01. The third kappa shape index (κ3) is 3.52. The van der Waals surface area contributed by atoms with E-state index < -0.39 is 11.9 Å². The highest BCUT2D eigenvalue weighted by molar-refractivity contribution is 6.08. The molecule has 0 aromatic carbocycles. The maximum Gasteiger partial charge on any atom is 0.261 e. The summed E-state index contributed by atoms with van der Waals surface area (Å²) >= 11 is 0. The molecular weight excluding hydrogens is 323 g/mol. The fraction of sp³-hybridized carbons (Fsp3) is 0.412. The predicted molar refractivity (Wildman–Crippen MR) is 92.0 cm³/mol. The van der Waals surface area contributed by atoms with E-state index >= 15 is 0 Å². The number of nitrogens with zero attached hydrogens (tertiary/aromatic N) is 5. The molecule has 1 saturated carbocycles. The van der Waals surface area contributed by atoms with Crippen LogP contribution in [-0.4, -0.2) is 30.3 Å². The quantitative estimate of drug-likeness (QED) is 0.789. The average Bonchev–Trinajstić information content (AvgIpc) is 3.11. The van der Waals surface area contributed by atoms with Crippen molar-refractivity contribution < 1.29 is 9.18 Å². The molecule has 0 aliphatic heterocycles. The minimum absolute atomic E-state index is 0.0761. The third-order valence-electron chi connectivity index (χ3n) is 3.91. The number of rotatable bonds is 3. The first-order valence-corrected chi connectivity index (χ1v) is 8.48. The van der Waals surface area contributed by atoms with Crippen LogP contribution in [0.3, 0.4) is 0 Å². The molecule has 1 fully saturated rings. The molecule has 0 bridgehead atoms. The highest BCUT2D eigenvalue weighted by Crippen LogP contribution is 2.32. The minimum atomic E-state index is -0.676. The van der Waals surface area contributed by atoms with Crippen molar-refractivity contribution in [2.75, 3.05) is 5.32 Å². The van der Waals surface area contributed by atoms with Gasteiger partial charge in [-0.15, -0.1) is 5.10 Å². The van der Waals surface area contributed by atoms with Gasteiger partial charge in [-0.2, -0.15) is 9.49 Å². The van der Waals surface area contributed by atoms with Gasteiger partial charge >= 0.3 is 0 Å². The molecule has 1 amide bonds. The summed E-state index contributed by atoms with van der Waals surface area (Å²) in [4.78, 5) is 16.4. The first kappa shape index (κ1) is 17.1. The topological polar surface area (TPSA) is 77.1 Å². The lowest BCUT2D eigenvalue weighted by Crippen LogP contribution is -2.17. The number of carbonyl (C=O) groups is 1. The van der Waals surface area contributed by atoms with Gasteiger partial charge in [0.1, 0.15) is 11.3 Å². The van der Waals surface area contributed by atoms with Crippen molar-refractivity contribution >= 4 is 17.2 Å². The number of aromatic nitrogens is 5. The second kappa shape index (κ2) is 7.42. The molecule has 0 unspecified atom stereocenters. The number of fused-ring (bicyclic) bond motifs is 1. The van der Waals surface area contributed by atoms with Crippen molar-refractivity contribution in [3.63, 3.8) is 0 Å². The van der Waals surface area contributed by atoms with Gasteiger partial charge in [-0.05, 0) is 25.3 Å². The van der Waals surface area contributed by atoms with Crippen LogP contribution in [0.5, 0.6) is 0 Å². The molecular formula is C17H21FN6O. The van der Waals surface area contributed by atoms with Crippen molar-refractivity contribution in [2.24, 2.45) is 0 Å². The van der Waals surface area contributed by atoms with Gasteiger partial charge in [0.15, 0.2) is 5.65 Å². The van der Waals surface area contributed by atoms with Gasteiger partial charge in [-0.3, -0.25) is 9.48 Å². The van der Waals surface area contributed by atoms with E-state index in [1.165, 1.54) is 23.3 Å². The van der Waals surface area contributed by atoms with Crippen LogP contribution in [0.4, 0.5) is 10.1 Å². The Morgan fingerprint density at radius 2 is 2.16 bits per heavy atom. The molecule has 1 aliphatic rings. The Bertz CT molecular complexity index is 867. The third-order valence-corrected chi connectivity index (χ3v) is 3.91. The maximum atomic E-state index is 13.9. The number of hydrogen-bond acceptors (Lipinski definition) is 4. The Morgan fingerprint density at radius 3 is 2.84 bits per heavy atom. The van der Waals surface area contributed by atoms with Crippen LogP contribution in [0.2, 0.25) is 0 Å². The van der Waals surface area contributed by atoms with E-state index in [0.717, 1.165) is 19.3 Å². The van der Waals surface area contributed by atoms with E-state index in [9.17, 15) is 9.18 Å². The van der Waals surface area contributed by atoms with Crippen LogP contribution in [0.25, 0.3) is 5.65 Å². The molecule has 3 aromatic rings. The zero-order chi connectivity index (χ0) is 17.8. The Morgan fingerprint density at radius 1 is 1.40 bits per heavy atom. The first-order chi connectivity index (χ1) is 12.1. The highest BCUT2D eigenvalue weighted by Gasteiger charge is 2.23. The van der Waals surface area contributed by atoms with E-state index in [0.29, 0.717) is 5.65 Å². The number of nitrogens with one attached hydrogen (secondary N) is 1. The molecule has 3 heterocycles. The molecule has 3 aromatic heterocycles. The minimum Gasteiger partial charge on any atom is -0.317 e. The van der Waals surface area contributed by atoms with Crippen molar-refractivity contribution in [1.82, 2.24) is 24.4 Å². The lowest BCUT2D eigenvalue weighted by molar-refractivity contribution is 0.102. The SMILES string of the molecule is CCC.O=C(Nc1cn(C2CCC2)nc1F)c1cnn2cccnc12. The van der Waals surface area contributed by atoms with Crippen molar-refractivity contribution in [1.29, 1.82) is 0 Å². The molecule has 7 nitrogen and oxygen atoms in total. The van der Waals surface area contributed by atoms with Crippen LogP contribution in [-0.2, 0) is 0 Å². The summed E-state index contributed by atoms with van der Waals surface area (Å²) in [6, 6.07) is 1.95. The molecule has 0 spiro atoms. The summed E-state index contributed by atoms with van der Waals surface area (Å²) in [5, 5.41) is 10.4. The lowest BCUT2D eigenvalue weighted by atomic mass is 9.93. The molecule has 1 aliphatic carbocycles. The van der Waals surface area contributed by atoms with Crippen LogP contribution in [0, 0.1) is 5.95 Å². The Labute approximate surface area is 144 Å². The maximum absolute atomic E-state index is 13.9. The predicted octanol–water partition coefficient (Wildman–Crippen LogP) is 3.46. The molecule has 8 heteroatoms. The van der Waals surface area contributed by atoms with Crippen LogP contribution < -0.4 is 5.32 Å². The highest BCUT2D eigenvalue weighted by atomic mass is 19.1. The second-order valence-corrected chi connectivity index (χ2v) is 6.01. The Balaban J connectivity index is 0.000000569. The Kier molecular flexibility index (Phi) is 5.06. The monoisotopic (exact) mass is 344 g/mol. The number of carbonyl (C=O) groups excluding carboxylic acids is 1. The molecule has 25 heavy (non-hydrogen) atoms. The van der Waals surface area contributed by atoms with Crippen molar-refractivity contribution in [3.8, 4) is 0 Å². The Hall–Kier alpha value is -2.77. The summed E-state index contributed by atoms with van der Waals surface area (Å²) in [5.41, 5.74) is 0.787. The summed E-state index contributed by atoms with van der Waals surface area (Å²) in [5.74, 6) is -1.13. The average molecular weight is 344 g/mol. The van der Waals surface area contributed by atoms with Gasteiger partial charge in [-0.25, -0.2) is 9.50 Å². The lowest BCUT2D eigenvalue weighted by Gasteiger charge is -2.25. The molecule has 0 saturated heterocycles. The van der Waals surface area contributed by atoms with Crippen molar-refractivity contribution in [3.05, 3.63) is 42.4 Å². The number of halogens is 1. The normalized spacial score (nSPS) is 13.9. The summed E-state index contributed by atoms with van der Waals surface area (Å²) in [7, 11) is 0. The number of hydrogen-bond donors (Lipinski definition) is 1. The number of anilines is 1. The van der Waals surface area contributed by atoms with Gasteiger partial charge in [0, 0.05) is 12.4 Å². The molecule has 132 valence electrons. The van der Waals surface area contributed by atoms with E-state index in [1.54, 1.807) is 23.1 Å². The van der Waals surface area contributed by atoms with Gasteiger partial charge in [0.05, 0.1) is 18.4 Å². The zero-order valence-electron chi connectivity index (χ0n) is 14.3. The van der Waals surface area contributed by atoms with E-state index in [-0.39, 0.29) is 17.3 Å². The number of amides is 1. The fourth-order valence-corrected chi connectivity index (χ4v) is 2.47. The van der Waals surface area contributed by atoms with Gasteiger partial charge < -0.3 is 5.32 Å². The van der Waals surface area contributed by atoms with E-state index in [4.69, 9.17) is 0 Å². The van der Waals surface area contributed by atoms with Gasteiger partial charge in [0.25, 0.3) is 11.9 Å². The van der Waals surface area contributed by atoms with Crippen LogP contribution in [0.15, 0.2) is 30.9 Å². The standard InChI is InChI=1S/C14H13FN6O.C3H8/c15-12-11(8-21(19-12)9-3-1-4-9)18-14(22)10-7-17-20-6-2-5-16-13(10)20;1-3-2/h2,5-9H,1,3-4H2,(H,18,22);3H2,1-2H3. The van der Waals surface area contributed by atoms with Gasteiger partial charge in [-0.1, -0.05) is 20.3 Å². The summed E-state index contributed by atoms with van der Waals surface area (Å²) < 4.78 is 16.9. The van der Waals surface area contributed by atoms with Gasteiger partial charge in [0.2, 0.25) is 0 Å². The zero-order valence-corrected chi connectivity index (χ0v) is 14.3. The van der Waals surface area contributed by atoms with E-state index in [2.05, 4.69) is 34.3 Å². The molecule has 0 atom stereocenters.